The first-order valence-corrected chi connectivity index (χ1v) is 8.43. The van der Waals surface area contributed by atoms with E-state index in [1.54, 1.807) is 15.9 Å². The van der Waals surface area contributed by atoms with Gasteiger partial charge in [-0.1, -0.05) is 0 Å². The van der Waals surface area contributed by atoms with Crippen molar-refractivity contribution in [1.29, 1.82) is 0 Å². The van der Waals surface area contributed by atoms with E-state index in [-0.39, 0.29) is 24.1 Å². The summed E-state index contributed by atoms with van der Waals surface area (Å²) < 4.78 is 18.8. The maximum absolute atomic E-state index is 13.8. The van der Waals surface area contributed by atoms with Gasteiger partial charge in [-0.05, 0) is 12.1 Å². The van der Waals surface area contributed by atoms with E-state index in [9.17, 15) is 14.0 Å². The number of hydrogen-bond acceptors (Lipinski definition) is 5. The zero-order valence-electron chi connectivity index (χ0n) is 14.3. The molecule has 0 radical (unpaired) electrons. The fourth-order valence-corrected chi connectivity index (χ4v) is 3.14. The summed E-state index contributed by atoms with van der Waals surface area (Å²) in [5, 5.41) is 2.99. The van der Waals surface area contributed by atoms with E-state index >= 15 is 0 Å². The Bertz CT molecular complexity index is 647. The van der Waals surface area contributed by atoms with Crippen LogP contribution in [0, 0.1) is 5.82 Å². The second-order valence-electron chi connectivity index (χ2n) is 6.18. The number of methoxy groups -OCH3 is 1. The molecular formula is C17H23FN4O3. The summed E-state index contributed by atoms with van der Waals surface area (Å²) in [6, 6.07) is 4.88. The van der Waals surface area contributed by atoms with Gasteiger partial charge in [-0.2, -0.15) is 0 Å². The maximum atomic E-state index is 13.8. The molecule has 1 aromatic carbocycles. The van der Waals surface area contributed by atoms with Crippen molar-refractivity contribution in [1.82, 2.24) is 15.1 Å². The van der Waals surface area contributed by atoms with Crippen molar-refractivity contribution in [3.8, 4) is 5.75 Å². The summed E-state index contributed by atoms with van der Waals surface area (Å²) in [4.78, 5) is 29.6. The Morgan fingerprint density at radius 3 is 2.64 bits per heavy atom. The number of anilines is 1. The minimum atomic E-state index is -0.393. The number of nitrogens with zero attached hydrogens (tertiary/aromatic N) is 3. The number of ether oxygens (including phenoxy) is 1. The van der Waals surface area contributed by atoms with Gasteiger partial charge in [0.25, 0.3) is 0 Å². The third-order valence-corrected chi connectivity index (χ3v) is 4.65. The van der Waals surface area contributed by atoms with E-state index in [1.807, 2.05) is 11.0 Å². The van der Waals surface area contributed by atoms with E-state index in [0.717, 1.165) is 12.2 Å². The molecule has 2 fully saturated rings. The van der Waals surface area contributed by atoms with Gasteiger partial charge in [0.1, 0.15) is 0 Å². The third kappa shape index (κ3) is 4.01. The first kappa shape index (κ1) is 17.5. The van der Waals surface area contributed by atoms with Crippen LogP contribution >= 0.6 is 0 Å². The van der Waals surface area contributed by atoms with Crippen LogP contribution < -0.4 is 15.0 Å². The Kier molecular flexibility index (Phi) is 5.37. The molecular weight excluding hydrogens is 327 g/mol. The van der Waals surface area contributed by atoms with Crippen molar-refractivity contribution in [2.75, 3.05) is 64.4 Å². The van der Waals surface area contributed by atoms with Gasteiger partial charge in [-0.15, -0.1) is 0 Å². The van der Waals surface area contributed by atoms with Crippen molar-refractivity contribution in [2.45, 2.75) is 0 Å². The van der Waals surface area contributed by atoms with Crippen LogP contribution in [0.5, 0.6) is 5.75 Å². The van der Waals surface area contributed by atoms with Crippen LogP contribution in [0.2, 0.25) is 0 Å². The molecule has 8 heteroatoms. The van der Waals surface area contributed by atoms with Crippen LogP contribution in [0.1, 0.15) is 0 Å². The maximum Gasteiger partial charge on any atom is 0.242 e. The fraction of sp³-hybridized carbons (Fsp3) is 0.529. The molecule has 7 nitrogen and oxygen atoms in total. The van der Waals surface area contributed by atoms with Crippen LogP contribution in [0.4, 0.5) is 10.1 Å². The quantitative estimate of drug-likeness (QED) is 0.823. The Morgan fingerprint density at radius 2 is 2.00 bits per heavy atom. The van der Waals surface area contributed by atoms with E-state index in [2.05, 4.69) is 5.32 Å². The number of benzene rings is 1. The molecule has 0 spiro atoms. The molecule has 25 heavy (non-hydrogen) atoms. The highest BCUT2D eigenvalue weighted by molar-refractivity contribution is 5.86. The van der Waals surface area contributed by atoms with Gasteiger partial charge in [0, 0.05) is 51.0 Å². The van der Waals surface area contributed by atoms with E-state index in [1.165, 1.54) is 13.2 Å². The molecule has 0 aromatic heterocycles. The van der Waals surface area contributed by atoms with Gasteiger partial charge in [0.15, 0.2) is 11.6 Å². The van der Waals surface area contributed by atoms with Crippen molar-refractivity contribution in [3.05, 3.63) is 24.0 Å². The molecule has 136 valence electrons. The van der Waals surface area contributed by atoms with Gasteiger partial charge in [0.05, 0.1) is 20.2 Å². The van der Waals surface area contributed by atoms with Gasteiger partial charge < -0.3 is 24.8 Å². The minimum absolute atomic E-state index is 0.0317. The average molecular weight is 350 g/mol. The number of hydrogen-bond donors (Lipinski definition) is 1. The Hall–Kier alpha value is -2.35. The molecule has 3 rings (SSSR count). The largest absolute Gasteiger partial charge is 0.494 e. The molecule has 0 atom stereocenters. The number of nitrogens with one attached hydrogen (secondary N) is 1. The summed E-state index contributed by atoms with van der Waals surface area (Å²) in [5.74, 6) is -0.239. The third-order valence-electron chi connectivity index (χ3n) is 4.65. The molecule has 2 aliphatic rings. The Morgan fingerprint density at radius 1 is 1.24 bits per heavy atom. The molecule has 1 aromatic rings. The SMILES string of the molecule is COc1ccc(N2CCN(C(=O)CN3CCNCC3=O)CC2)cc1F. The van der Waals surface area contributed by atoms with Crippen molar-refractivity contribution >= 4 is 17.5 Å². The zero-order chi connectivity index (χ0) is 17.8. The van der Waals surface area contributed by atoms with E-state index < -0.39 is 5.82 Å². The van der Waals surface area contributed by atoms with Crippen molar-refractivity contribution in [2.24, 2.45) is 0 Å². The van der Waals surface area contributed by atoms with Crippen molar-refractivity contribution in [3.63, 3.8) is 0 Å². The monoisotopic (exact) mass is 350 g/mol. The number of amides is 2. The number of carbonyl (C=O) groups is 2. The second kappa shape index (κ2) is 7.69. The molecule has 2 amide bonds. The predicted octanol–water partition coefficient (Wildman–Crippen LogP) is -0.0853. The van der Waals surface area contributed by atoms with Gasteiger partial charge in [0.2, 0.25) is 11.8 Å². The van der Waals surface area contributed by atoms with Crippen LogP contribution in [0.3, 0.4) is 0 Å². The Labute approximate surface area is 146 Å². The lowest BCUT2D eigenvalue weighted by Crippen LogP contribution is -2.55. The minimum Gasteiger partial charge on any atom is -0.494 e. The molecule has 0 saturated carbocycles. The average Bonchev–Trinajstić information content (AvgIpc) is 2.63. The van der Waals surface area contributed by atoms with Crippen LogP contribution in [0.15, 0.2) is 18.2 Å². The smallest absolute Gasteiger partial charge is 0.242 e. The highest BCUT2D eigenvalue weighted by Crippen LogP contribution is 2.24. The summed E-state index contributed by atoms with van der Waals surface area (Å²) in [5.41, 5.74) is 0.780. The van der Waals surface area contributed by atoms with E-state index in [4.69, 9.17) is 4.74 Å². The Balaban J connectivity index is 1.53. The molecule has 2 aliphatic heterocycles. The normalized spacial score (nSPS) is 18.5. The molecule has 2 heterocycles. The predicted molar refractivity (Wildman–Crippen MR) is 91.2 cm³/mol. The fourth-order valence-electron chi connectivity index (χ4n) is 3.14. The first-order valence-electron chi connectivity index (χ1n) is 8.43. The standard InChI is InChI=1S/C17H23FN4O3/c1-25-15-3-2-13(10-14(15)18)20-6-8-21(9-7-20)17(24)12-22-5-4-19-11-16(22)23/h2-3,10,19H,4-9,11-12H2,1H3. The number of carbonyl (C=O) groups excluding carboxylic acids is 2. The van der Waals surface area contributed by atoms with Crippen LogP contribution in [-0.4, -0.2) is 81.1 Å². The highest BCUT2D eigenvalue weighted by atomic mass is 19.1. The topological polar surface area (TPSA) is 65.1 Å². The van der Waals surface area contributed by atoms with Gasteiger partial charge >= 0.3 is 0 Å². The summed E-state index contributed by atoms with van der Waals surface area (Å²) >= 11 is 0. The number of piperazine rings is 2. The van der Waals surface area contributed by atoms with Crippen LogP contribution in [0.25, 0.3) is 0 Å². The molecule has 2 saturated heterocycles. The van der Waals surface area contributed by atoms with Crippen LogP contribution in [-0.2, 0) is 9.59 Å². The second-order valence-corrected chi connectivity index (χ2v) is 6.18. The number of rotatable bonds is 4. The summed E-state index contributed by atoms with van der Waals surface area (Å²) in [7, 11) is 1.44. The summed E-state index contributed by atoms with van der Waals surface area (Å²) in [6.07, 6.45) is 0. The zero-order valence-corrected chi connectivity index (χ0v) is 14.3. The van der Waals surface area contributed by atoms with E-state index in [0.29, 0.717) is 39.3 Å². The van der Waals surface area contributed by atoms with Gasteiger partial charge in [-0.25, -0.2) is 4.39 Å². The number of halogens is 1. The first-order chi connectivity index (χ1) is 12.1. The van der Waals surface area contributed by atoms with Crippen molar-refractivity contribution < 1.29 is 18.7 Å². The lowest BCUT2D eigenvalue weighted by atomic mass is 10.2. The summed E-state index contributed by atoms with van der Waals surface area (Å²) in [6.45, 7) is 4.10. The lowest BCUT2D eigenvalue weighted by molar-refractivity contribution is -0.141. The van der Waals surface area contributed by atoms with Gasteiger partial charge in [-0.3, -0.25) is 9.59 Å². The highest BCUT2D eigenvalue weighted by Gasteiger charge is 2.26. The molecule has 1 N–H and O–H groups in total. The molecule has 0 bridgehead atoms. The lowest BCUT2D eigenvalue weighted by Gasteiger charge is -2.37. The molecule has 0 unspecified atom stereocenters. The molecule has 0 aliphatic carbocycles.